The van der Waals surface area contributed by atoms with Crippen molar-refractivity contribution in [3.05, 3.63) is 63.9 Å². The van der Waals surface area contributed by atoms with Crippen LogP contribution in [0.5, 0.6) is 0 Å². The maximum absolute atomic E-state index is 13.0. The van der Waals surface area contributed by atoms with Crippen LogP contribution in [-0.4, -0.2) is 64.8 Å². The van der Waals surface area contributed by atoms with Crippen molar-refractivity contribution in [3.63, 3.8) is 0 Å². The molecule has 0 bridgehead atoms. The van der Waals surface area contributed by atoms with Gasteiger partial charge in [-0.2, -0.15) is 0 Å². The molecular weight excluding hydrogens is 515 g/mol. The summed E-state index contributed by atoms with van der Waals surface area (Å²) in [5.41, 5.74) is 0.0211. The van der Waals surface area contributed by atoms with Crippen molar-refractivity contribution >= 4 is 15.2 Å². The summed E-state index contributed by atoms with van der Waals surface area (Å²) in [6.45, 7) is -0.771. The second-order valence-electron chi connectivity index (χ2n) is 7.70. The quantitative estimate of drug-likeness (QED) is 0.199. The minimum Gasteiger partial charge on any atom is -0.389 e. The molecule has 2 heterocycles. The highest BCUT2D eigenvalue weighted by Gasteiger charge is 2.45. The molecule has 0 amide bonds. The number of aliphatic hydroxyl groups excluding tert-OH is 2. The van der Waals surface area contributed by atoms with Crippen molar-refractivity contribution in [1.82, 2.24) is 9.13 Å². The van der Waals surface area contributed by atoms with E-state index in [0.717, 1.165) is 9.13 Å². The van der Waals surface area contributed by atoms with Crippen LogP contribution in [0, 0.1) is 5.82 Å². The maximum atomic E-state index is 13.0. The molecule has 1 aromatic heterocycles. The Labute approximate surface area is 197 Å². The van der Waals surface area contributed by atoms with Gasteiger partial charge in [0.15, 0.2) is 17.6 Å². The van der Waals surface area contributed by atoms with Gasteiger partial charge in [-0.05, 0) is 17.7 Å². The molecule has 1 saturated heterocycles. The Balaban J connectivity index is 1.70. The number of hydrogen-bond acceptors (Lipinski definition) is 9. The molecule has 0 spiro atoms. The average molecular weight is 539 g/mol. The number of benzene rings is 1. The van der Waals surface area contributed by atoms with E-state index in [1.807, 2.05) is 0 Å². The van der Waals surface area contributed by atoms with Crippen LogP contribution in [0.3, 0.4) is 0 Å². The monoisotopic (exact) mass is 539 g/mol. The predicted molar refractivity (Wildman–Crippen MR) is 115 cm³/mol. The fraction of sp³-hybridized carbons (Fsp3) is 0.444. The zero-order valence-electron chi connectivity index (χ0n) is 18.2. The molecule has 1 aliphatic rings. The summed E-state index contributed by atoms with van der Waals surface area (Å²) < 4.78 is 47.8. The molecule has 3 rings (SSSR count). The molecule has 1 fully saturated rings. The van der Waals surface area contributed by atoms with E-state index >= 15 is 0 Å². The summed E-state index contributed by atoms with van der Waals surface area (Å²) in [5, 5.41) is 24.4. The molecule has 194 valence electrons. The van der Waals surface area contributed by atoms with Gasteiger partial charge in [-0.25, -0.2) is 9.18 Å². The molecule has 1 aromatic carbocycles. The maximum Gasteiger partial charge on any atom is 0.340 e. The molecule has 14 nitrogen and oxygen atoms in total. The summed E-state index contributed by atoms with van der Waals surface area (Å²) in [7, 11) is -8.21. The Bertz CT molecular complexity index is 1260. The highest BCUT2D eigenvalue weighted by Crippen LogP contribution is 2.55. The largest absolute Gasteiger partial charge is 0.389 e. The SMILES string of the molecule is Cn1c(=O)n([C@@H]2O[C@H](COP(=O)(O)CP(=O)(O)O)C(O)C2O)cc/c1=N/OCc1ccc(F)cc1. The zero-order valence-corrected chi connectivity index (χ0v) is 20.0. The first-order chi connectivity index (χ1) is 16.3. The second-order valence-corrected chi connectivity index (χ2v) is 11.7. The lowest BCUT2D eigenvalue weighted by Crippen LogP contribution is -2.42. The minimum atomic E-state index is -4.85. The number of halogens is 1. The molecule has 0 aliphatic carbocycles. The van der Waals surface area contributed by atoms with Gasteiger partial charge in [0.1, 0.15) is 30.7 Å². The van der Waals surface area contributed by atoms with Gasteiger partial charge in [0.25, 0.3) is 0 Å². The number of ether oxygens (including phenoxy) is 1. The Hall–Kier alpha value is -2.19. The van der Waals surface area contributed by atoms with Crippen LogP contribution in [0.1, 0.15) is 11.8 Å². The van der Waals surface area contributed by atoms with Crippen LogP contribution >= 0.6 is 15.2 Å². The molecule has 0 saturated carbocycles. The third-order valence-corrected chi connectivity index (χ3v) is 8.41. The third-order valence-electron chi connectivity index (χ3n) is 4.95. The number of hydrogen-bond donors (Lipinski definition) is 5. The lowest BCUT2D eigenvalue weighted by molar-refractivity contribution is -0.0530. The van der Waals surface area contributed by atoms with Gasteiger partial charge in [0, 0.05) is 19.3 Å². The van der Waals surface area contributed by atoms with Gasteiger partial charge in [0.2, 0.25) is 0 Å². The fourth-order valence-corrected chi connectivity index (χ4v) is 5.76. The van der Waals surface area contributed by atoms with E-state index in [2.05, 4.69) is 9.68 Å². The van der Waals surface area contributed by atoms with E-state index in [1.165, 1.54) is 43.6 Å². The third kappa shape index (κ3) is 7.17. The Morgan fingerprint density at radius 2 is 1.77 bits per heavy atom. The number of aromatic nitrogens is 2. The molecule has 17 heteroatoms. The second kappa shape index (κ2) is 10.8. The Kier molecular flexibility index (Phi) is 8.48. The van der Waals surface area contributed by atoms with E-state index in [0.29, 0.717) is 5.56 Å². The average Bonchev–Trinajstić information content (AvgIpc) is 3.03. The molecule has 35 heavy (non-hydrogen) atoms. The zero-order chi connectivity index (χ0) is 26.0. The normalized spacial score (nSPS) is 24.9. The lowest BCUT2D eigenvalue weighted by Gasteiger charge is -2.19. The molecule has 2 aromatic rings. The minimum absolute atomic E-state index is 0.0123. The Morgan fingerprint density at radius 1 is 1.11 bits per heavy atom. The van der Waals surface area contributed by atoms with Crippen LogP contribution in [-0.2, 0) is 36.9 Å². The van der Waals surface area contributed by atoms with E-state index in [1.54, 1.807) is 0 Å². The number of rotatable bonds is 9. The first kappa shape index (κ1) is 27.4. The summed E-state index contributed by atoms with van der Waals surface area (Å²) in [5.74, 6) is -1.83. The molecule has 1 aliphatic heterocycles. The standard InChI is InChI=1S/C18H24FN3O11P2/c1-21-14(20-31-8-11-2-4-12(19)5-3-11)6-7-22(18(21)25)17-16(24)15(23)13(33-17)9-32-35(29,30)10-34(26,27)28/h2-7,13,15-17,23-24H,8-10H2,1H3,(H,29,30)(H2,26,27,28)/b20-14-/t13-,15?,16?,17-/m1/s1. The topological polar surface area (TPSA) is 202 Å². The van der Waals surface area contributed by atoms with Gasteiger partial charge >= 0.3 is 20.9 Å². The van der Waals surface area contributed by atoms with Crippen molar-refractivity contribution in [3.8, 4) is 0 Å². The van der Waals surface area contributed by atoms with E-state index in [4.69, 9.17) is 19.4 Å². The van der Waals surface area contributed by atoms with Crippen LogP contribution in [0.4, 0.5) is 4.39 Å². The van der Waals surface area contributed by atoms with Gasteiger partial charge in [-0.15, -0.1) is 0 Å². The highest BCUT2D eigenvalue weighted by atomic mass is 31.2. The molecule has 5 atom stereocenters. The molecule has 3 unspecified atom stereocenters. The van der Waals surface area contributed by atoms with E-state index in [-0.39, 0.29) is 12.1 Å². The number of nitrogens with zero attached hydrogens (tertiary/aromatic N) is 3. The van der Waals surface area contributed by atoms with Crippen LogP contribution in [0.2, 0.25) is 0 Å². The van der Waals surface area contributed by atoms with Gasteiger partial charge in [0.05, 0.1) is 6.61 Å². The fourth-order valence-electron chi connectivity index (χ4n) is 3.19. The van der Waals surface area contributed by atoms with Gasteiger partial charge in [-0.1, -0.05) is 17.3 Å². The number of aliphatic hydroxyl groups is 2. The summed E-state index contributed by atoms with van der Waals surface area (Å²) in [6.07, 6.45) is -4.86. The highest BCUT2D eigenvalue weighted by molar-refractivity contribution is 7.70. The van der Waals surface area contributed by atoms with Crippen molar-refractivity contribution in [2.24, 2.45) is 12.2 Å². The predicted octanol–water partition coefficient (Wildman–Crippen LogP) is -0.685. The summed E-state index contributed by atoms with van der Waals surface area (Å²) in [4.78, 5) is 45.2. The van der Waals surface area contributed by atoms with E-state index < -0.39 is 63.7 Å². The van der Waals surface area contributed by atoms with Crippen molar-refractivity contribution in [1.29, 1.82) is 0 Å². The van der Waals surface area contributed by atoms with Gasteiger partial charge in [-0.3, -0.25) is 18.3 Å². The van der Waals surface area contributed by atoms with Crippen LogP contribution in [0.25, 0.3) is 0 Å². The van der Waals surface area contributed by atoms with Crippen molar-refractivity contribution in [2.45, 2.75) is 31.1 Å². The summed E-state index contributed by atoms with van der Waals surface area (Å²) in [6, 6.07) is 6.90. The molecule has 5 N–H and O–H groups in total. The van der Waals surface area contributed by atoms with Crippen molar-refractivity contribution in [2.75, 3.05) is 12.5 Å². The van der Waals surface area contributed by atoms with E-state index in [9.17, 15) is 33.4 Å². The Morgan fingerprint density at radius 3 is 2.40 bits per heavy atom. The first-order valence-electron chi connectivity index (χ1n) is 9.98. The molecule has 0 radical (unpaired) electrons. The molecular formula is C18H24FN3O11P2. The van der Waals surface area contributed by atoms with Crippen LogP contribution < -0.4 is 11.2 Å². The van der Waals surface area contributed by atoms with Gasteiger partial charge < -0.3 is 39.0 Å². The smallest absolute Gasteiger partial charge is 0.340 e. The lowest BCUT2D eigenvalue weighted by atomic mass is 10.1. The van der Waals surface area contributed by atoms with Crippen LogP contribution in [0.15, 0.2) is 46.5 Å². The summed E-state index contributed by atoms with van der Waals surface area (Å²) >= 11 is 0. The van der Waals surface area contributed by atoms with Crippen molar-refractivity contribution < 1.29 is 52.5 Å². The first-order valence-corrected chi connectivity index (χ1v) is 13.5.